The zero-order valence-corrected chi connectivity index (χ0v) is 10.9. The van der Waals surface area contributed by atoms with Crippen molar-refractivity contribution in [3.8, 4) is 28.7 Å². The second-order valence-electron chi connectivity index (χ2n) is 4.26. The zero-order chi connectivity index (χ0) is 16.4. The van der Waals surface area contributed by atoms with Gasteiger partial charge >= 0.3 is 5.97 Å². The highest BCUT2D eigenvalue weighted by molar-refractivity contribution is 5.98. The van der Waals surface area contributed by atoms with Gasteiger partial charge in [-0.2, -0.15) is 0 Å². The fourth-order valence-electron chi connectivity index (χ4n) is 1.71. The number of carbonyl (C=O) groups is 1. The highest BCUT2D eigenvalue weighted by Gasteiger charge is 2.20. The maximum Gasteiger partial charge on any atom is 0.343 e. The van der Waals surface area contributed by atoms with Gasteiger partial charge in [0.25, 0.3) is 0 Å². The summed E-state index contributed by atoms with van der Waals surface area (Å²) in [5.74, 6) is -4.97. The molecule has 2 aromatic rings. The molecular weight excluding hydrogens is 294 g/mol. The van der Waals surface area contributed by atoms with Gasteiger partial charge in [0.15, 0.2) is 5.75 Å². The first-order chi connectivity index (χ1) is 10.3. The van der Waals surface area contributed by atoms with Crippen molar-refractivity contribution in [3.63, 3.8) is 0 Å². The van der Waals surface area contributed by atoms with Crippen LogP contribution in [0.4, 0.5) is 0 Å². The summed E-state index contributed by atoms with van der Waals surface area (Å²) in [6.45, 7) is 0. The van der Waals surface area contributed by atoms with E-state index in [4.69, 9.17) is 15.3 Å². The monoisotopic (exact) mass is 304 g/mol. The number of phenols is 3. The number of phenolic OH excluding ortho intramolecular Hbond substituents is 2. The van der Waals surface area contributed by atoms with E-state index in [2.05, 4.69) is 0 Å². The number of carboxylic acids is 1. The molecular formula is C14H10NO7-. The van der Waals surface area contributed by atoms with Gasteiger partial charge in [-0.3, -0.25) is 5.41 Å². The maximum atomic E-state index is 11.1. The van der Waals surface area contributed by atoms with Crippen LogP contribution < -0.4 is 9.84 Å². The molecule has 2 rings (SSSR count). The summed E-state index contributed by atoms with van der Waals surface area (Å²) in [5.41, 5.74) is -0.622. The molecule has 8 nitrogen and oxygen atoms in total. The second-order valence-corrected chi connectivity index (χ2v) is 4.26. The number of aromatic hydroxyl groups is 3. The van der Waals surface area contributed by atoms with Crippen molar-refractivity contribution >= 4 is 11.9 Å². The molecule has 114 valence electrons. The Labute approximate surface area is 123 Å². The lowest BCUT2D eigenvalue weighted by molar-refractivity contribution is -0.270. The normalized spacial score (nSPS) is 10.2. The van der Waals surface area contributed by atoms with E-state index in [1.807, 2.05) is 0 Å². The fraction of sp³-hybridized carbons (Fsp3) is 0. The molecule has 0 saturated heterocycles. The highest BCUT2D eigenvalue weighted by Crippen LogP contribution is 2.33. The molecule has 2 aromatic carbocycles. The molecule has 0 radical (unpaired) electrons. The zero-order valence-electron chi connectivity index (χ0n) is 10.9. The molecule has 0 spiro atoms. The average Bonchev–Trinajstić information content (AvgIpc) is 2.40. The van der Waals surface area contributed by atoms with Crippen LogP contribution in [0.5, 0.6) is 28.7 Å². The quantitative estimate of drug-likeness (QED) is 0.418. The molecule has 0 aliphatic carbocycles. The number of nitrogens with one attached hydrogen (secondary N) is 1. The summed E-state index contributed by atoms with van der Waals surface area (Å²) in [7, 11) is 0. The van der Waals surface area contributed by atoms with Crippen molar-refractivity contribution in [2.75, 3.05) is 0 Å². The SMILES string of the molecule is N=C(Oc1cc(O)cc(O)c1C(=O)O)c1ccc([O-])c(O)c1. The lowest BCUT2D eigenvalue weighted by atomic mass is 10.1. The third-order valence-electron chi connectivity index (χ3n) is 2.71. The lowest BCUT2D eigenvalue weighted by Gasteiger charge is -2.13. The number of hydrogen-bond acceptors (Lipinski definition) is 7. The molecule has 0 saturated carbocycles. The summed E-state index contributed by atoms with van der Waals surface area (Å²) in [5, 5.41) is 56.0. The first-order valence-corrected chi connectivity index (χ1v) is 5.85. The highest BCUT2D eigenvalue weighted by atomic mass is 16.5. The molecule has 0 aliphatic rings. The molecule has 5 N–H and O–H groups in total. The van der Waals surface area contributed by atoms with Gasteiger partial charge in [-0.1, -0.05) is 11.8 Å². The van der Waals surface area contributed by atoms with Gasteiger partial charge in [-0.05, 0) is 12.1 Å². The molecule has 0 amide bonds. The van der Waals surface area contributed by atoms with E-state index in [1.165, 1.54) is 6.07 Å². The summed E-state index contributed by atoms with van der Waals surface area (Å²) >= 11 is 0. The predicted octanol–water partition coefficient (Wildman–Crippen LogP) is 0.980. The number of rotatable bonds is 3. The van der Waals surface area contributed by atoms with E-state index >= 15 is 0 Å². The standard InChI is InChI=1S/C14H11NO7/c15-13(6-1-2-8(17)9(18)3-6)22-11-5-7(16)4-10(19)12(11)14(20)21/h1-5,15-19H,(H,20,21)/p-1. The number of ether oxygens (including phenoxy) is 1. The molecule has 0 heterocycles. The van der Waals surface area contributed by atoms with Crippen LogP contribution in [0.25, 0.3) is 0 Å². The molecule has 0 fully saturated rings. The van der Waals surface area contributed by atoms with Crippen LogP contribution in [0.3, 0.4) is 0 Å². The van der Waals surface area contributed by atoms with Crippen LogP contribution in [-0.2, 0) is 0 Å². The Morgan fingerprint density at radius 2 is 1.77 bits per heavy atom. The van der Waals surface area contributed by atoms with Crippen molar-refractivity contribution in [1.29, 1.82) is 5.41 Å². The average molecular weight is 304 g/mol. The third kappa shape index (κ3) is 2.85. The Bertz CT molecular complexity index is 770. The summed E-state index contributed by atoms with van der Waals surface area (Å²) < 4.78 is 5.02. The summed E-state index contributed by atoms with van der Waals surface area (Å²) in [4.78, 5) is 11.1. The Balaban J connectivity index is 2.39. The topological polar surface area (TPSA) is 154 Å². The molecule has 8 heteroatoms. The van der Waals surface area contributed by atoms with E-state index in [1.54, 1.807) is 0 Å². The van der Waals surface area contributed by atoms with Gasteiger partial charge in [0.05, 0.1) is 0 Å². The Morgan fingerprint density at radius 3 is 2.36 bits per heavy atom. The first kappa shape index (κ1) is 15.0. The number of hydrogen-bond donors (Lipinski definition) is 5. The van der Waals surface area contributed by atoms with Gasteiger partial charge in [-0.15, -0.1) is 0 Å². The van der Waals surface area contributed by atoms with Crippen LogP contribution in [0.15, 0.2) is 30.3 Å². The minimum absolute atomic E-state index is 0.0104. The van der Waals surface area contributed by atoms with Crippen molar-refractivity contribution in [3.05, 3.63) is 41.5 Å². The van der Waals surface area contributed by atoms with Gasteiger partial charge in [0.1, 0.15) is 22.8 Å². The first-order valence-electron chi connectivity index (χ1n) is 5.85. The number of carboxylic acid groups (broad SMARTS) is 1. The van der Waals surface area contributed by atoms with E-state index in [0.29, 0.717) is 0 Å². The molecule has 0 atom stereocenters. The molecule has 0 aliphatic heterocycles. The third-order valence-corrected chi connectivity index (χ3v) is 2.71. The predicted molar refractivity (Wildman–Crippen MR) is 71.7 cm³/mol. The molecule has 22 heavy (non-hydrogen) atoms. The van der Waals surface area contributed by atoms with E-state index < -0.39 is 46.2 Å². The van der Waals surface area contributed by atoms with Gasteiger partial charge in [0.2, 0.25) is 5.90 Å². The van der Waals surface area contributed by atoms with Crippen LogP contribution in [0.2, 0.25) is 0 Å². The van der Waals surface area contributed by atoms with Crippen molar-refractivity contribution in [2.45, 2.75) is 0 Å². The Kier molecular flexibility index (Phi) is 3.76. The largest absolute Gasteiger partial charge is 0.870 e. The summed E-state index contributed by atoms with van der Waals surface area (Å²) in [6, 6.07) is 4.93. The van der Waals surface area contributed by atoms with Crippen LogP contribution in [0, 0.1) is 5.41 Å². The minimum atomic E-state index is -1.52. The molecule has 0 aromatic heterocycles. The van der Waals surface area contributed by atoms with E-state index in [-0.39, 0.29) is 5.56 Å². The van der Waals surface area contributed by atoms with E-state index in [9.17, 15) is 25.2 Å². The van der Waals surface area contributed by atoms with Crippen LogP contribution >= 0.6 is 0 Å². The molecule has 0 unspecified atom stereocenters. The maximum absolute atomic E-state index is 11.1. The molecule has 0 bridgehead atoms. The lowest BCUT2D eigenvalue weighted by Crippen LogP contribution is -2.12. The van der Waals surface area contributed by atoms with Crippen molar-refractivity contribution in [1.82, 2.24) is 0 Å². The number of benzene rings is 2. The van der Waals surface area contributed by atoms with Crippen molar-refractivity contribution < 1.29 is 35.1 Å². The number of aromatic carboxylic acids is 1. The Morgan fingerprint density at radius 1 is 1.09 bits per heavy atom. The van der Waals surface area contributed by atoms with Crippen LogP contribution in [-0.4, -0.2) is 32.3 Å². The summed E-state index contributed by atoms with van der Waals surface area (Å²) in [6.07, 6.45) is 0. The van der Waals surface area contributed by atoms with Gasteiger partial charge < -0.3 is 30.3 Å². The second kappa shape index (κ2) is 5.52. The minimum Gasteiger partial charge on any atom is -0.870 e. The van der Waals surface area contributed by atoms with Crippen molar-refractivity contribution in [2.24, 2.45) is 0 Å². The fourth-order valence-corrected chi connectivity index (χ4v) is 1.71. The van der Waals surface area contributed by atoms with Gasteiger partial charge in [0, 0.05) is 17.7 Å². The van der Waals surface area contributed by atoms with Crippen LogP contribution in [0.1, 0.15) is 15.9 Å². The smallest absolute Gasteiger partial charge is 0.343 e. The van der Waals surface area contributed by atoms with E-state index in [0.717, 1.165) is 24.3 Å². The van der Waals surface area contributed by atoms with Gasteiger partial charge in [-0.25, -0.2) is 4.79 Å². The Hall–Kier alpha value is -3.42.